The van der Waals surface area contributed by atoms with Crippen molar-refractivity contribution in [3.8, 4) is 11.8 Å². The molecule has 100 valence electrons. The van der Waals surface area contributed by atoms with Gasteiger partial charge in [-0.25, -0.2) is 0 Å². The van der Waals surface area contributed by atoms with Crippen molar-refractivity contribution in [3.05, 3.63) is 59.7 Å². The Hall–Kier alpha value is -1.73. The zero-order valence-electron chi connectivity index (χ0n) is 11.1. The van der Waals surface area contributed by atoms with E-state index in [0.29, 0.717) is 6.61 Å². The number of hydrogen-bond acceptors (Lipinski definition) is 3. The normalized spacial score (nSPS) is 14.7. The van der Waals surface area contributed by atoms with E-state index in [2.05, 4.69) is 11.8 Å². The second kappa shape index (κ2) is 5.34. The van der Waals surface area contributed by atoms with E-state index >= 15 is 0 Å². The van der Waals surface area contributed by atoms with Crippen LogP contribution in [-0.4, -0.2) is 18.8 Å². The molecule has 2 aromatic carbocycles. The van der Waals surface area contributed by atoms with Crippen molar-refractivity contribution in [3.63, 3.8) is 0 Å². The number of rotatable bonds is 1. The van der Waals surface area contributed by atoms with Gasteiger partial charge in [0.1, 0.15) is 6.61 Å². The topological polar surface area (TPSA) is 29.5 Å². The van der Waals surface area contributed by atoms with Crippen LogP contribution in [0.1, 0.15) is 11.1 Å². The first-order valence-corrected chi connectivity index (χ1v) is 7.15. The lowest BCUT2D eigenvalue weighted by atomic mass is 9.86. The van der Waals surface area contributed by atoms with Gasteiger partial charge in [-0.2, -0.15) is 0 Å². The third-order valence-corrected chi connectivity index (χ3v) is 4.41. The molecule has 0 aromatic heterocycles. The fraction of sp³-hybridized carbons (Fsp3) is 0.176. The summed E-state index contributed by atoms with van der Waals surface area (Å²) in [6.07, 6.45) is 0. The molecule has 0 unspecified atom stereocenters. The summed E-state index contributed by atoms with van der Waals surface area (Å²) in [5.41, 5.74) is 0.413. The summed E-state index contributed by atoms with van der Waals surface area (Å²) in [5.74, 6) is 5.87. The zero-order chi connectivity index (χ0) is 14.0. The van der Waals surface area contributed by atoms with Gasteiger partial charge < -0.3 is 9.84 Å². The molecule has 0 amide bonds. The Bertz CT molecular complexity index is 652. The molecule has 2 nitrogen and oxygen atoms in total. The quantitative estimate of drug-likeness (QED) is 0.815. The molecule has 0 bridgehead atoms. The van der Waals surface area contributed by atoms with Gasteiger partial charge in [0.05, 0.1) is 0 Å². The molecule has 1 N–H and O–H groups in total. The van der Waals surface area contributed by atoms with E-state index in [1.807, 2.05) is 48.5 Å². The van der Waals surface area contributed by atoms with Crippen LogP contribution >= 0.6 is 11.8 Å². The van der Waals surface area contributed by atoms with Gasteiger partial charge >= 0.3 is 0 Å². The molecular weight excluding hydrogens is 268 g/mol. The van der Waals surface area contributed by atoms with Crippen molar-refractivity contribution in [2.24, 2.45) is 0 Å². The van der Waals surface area contributed by atoms with Crippen LogP contribution in [0.5, 0.6) is 0 Å². The largest absolute Gasteiger partial charge is 0.372 e. The van der Waals surface area contributed by atoms with E-state index in [9.17, 15) is 5.11 Å². The van der Waals surface area contributed by atoms with Crippen LogP contribution in [0.2, 0.25) is 0 Å². The lowest BCUT2D eigenvalue weighted by molar-refractivity contribution is 0.137. The monoisotopic (exact) mass is 282 g/mol. The molecule has 1 aliphatic rings. The number of fused-ring (bicyclic) bond motifs is 2. The minimum absolute atomic E-state index is 0.305. The number of hydrogen-bond donors (Lipinski definition) is 1. The van der Waals surface area contributed by atoms with Gasteiger partial charge in [0, 0.05) is 28.0 Å². The minimum Gasteiger partial charge on any atom is -0.372 e. The average Bonchev–Trinajstić information content (AvgIpc) is 2.48. The molecule has 0 saturated carbocycles. The van der Waals surface area contributed by atoms with E-state index in [0.717, 1.165) is 20.9 Å². The Kier molecular flexibility index (Phi) is 3.54. The Morgan fingerprint density at radius 2 is 1.60 bits per heavy atom. The Morgan fingerprint density at radius 1 is 1.05 bits per heavy atom. The van der Waals surface area contributed by atoms with Gasteiger partial charge in [-0.3, -0.25) is 0 Å². The second-order valence-corrected chi connectivity index (χ2v) is 5.62. The third-order valence-electron chi connectivity index (χ3n) is 3.26. The molecule has 1 heterocycles. The molecule has 0 fully saturated rings. The zero-order valence-corrected chi connectivity index (χ0v) is 11.9. The van der Waals surface area contributed by atoms with Crippen LogP contribution in [-0.2, 0) is 10.3 Å². The first kappa shape index (κ1) is 13.3. The highest BCUT2D eigenvalue weighted by molar-refractivity contribution is 7.99. The standard InChI is InChI=1S/C17H14O2S/c1-19-12-6-11-17(18)13-7-2-4-9-15(13)20-16-10-5-3-8-14(16)17/h2-5,7-10,18H,12H2,1H3. The fourth-order valence-electron chi connectivity index (χ4n) is 2.34. The Morgan fingerprint density at radius 3 is 2.15 bits per heavy atom. The maximum Gasteiger partial charge on any atom is 0.179 e. The summed E-state index contributed by atoms with van der Waals surface area (Å²) in [6.45, 7) is 0.305. The van der Waals surface area contributed by atoms with Crippen molar-refractivity contribution < 1.29 is 9.84 Å². The second-order valence-electron chi connectivity index (χ2n) is 4.54. The van der Waals surface area contributed by atoms with E-state index in [4.69, 9.17) is 4.74 Å². The van der Waals surface area contributed by atoms with Crippen LogP contribution in [0.4, 0.5) is 0 Å². The van der Waals surface area contributed by atoms with Crippen LogP contribution in [0, 0.1) is 11.8 Å². The van der Waals surface area contributed by atoms with Gasteiger partial charge in [-0.05, 0) is 12.1 Å². The number of aliphatic hydroxyl groups is 1. The maximum atomic E-state index is 11.2. The first-order valence-electron chi connectivity index (χ1n) is 6.34. The predicted molar refractivity (Wildman–Crippen MR) is 79.7 cm³/mol. The summed E-state index contributed by atoms with van der Waals surface area (Å²) in [6, 6.07) is 15.7. The van der Waals surface area contributed by atoms with Gasteiger partial charge in [0.15, 0.2) is 5.60 Å². The molecule has 3 heteroatoms. The molecule has 0 spiro atoms. The number of benzene rings is 2. The SMILES string of the molecule is COCC#CC1(O)c2ccccc2Sc2ccccc21. The molecule has 0 saturated heterocycles. The smallest absolute Gasteiger partial charge is 0.179 e. The van der Waals surface area contributed by atoms with Gasteiger partial charge in [-0.15, -0.1) is 0 Å². The predicted octanol–water partition coefficient (Wildman–Crippen LogP) is 3.04. The van der Waals surface area contributed by atoms with Crippen LogP contribution in [0.3, 0.4) is 0 Å². The molecule has 2 aromatic rings. The maximum absolute atomic E-state index is 11.2. The molecule has 3 rings (SSSR count). The summed E-state index contributed by atoms with van der Waals surface area (Å²) < 4.78 is 4.96. The molecule has 0 radical (unpaired) electrons. The van der Waals surface area contributed by atoms with Crippen molar-refractivity contribution in [1.82, 2.24) is 0 Å². The van der Waals surface area contributed by atoms with Crippen LogP contribution in [0.15, 0.2) is 58.3 Å². The fourth-order valence-corrected chi connectivity index (χ4v) is 3.53. The van der Waals surface area contributed by atoms with Crippen molar-refractivity contribution in [2.45, 2.75) is 15.4 Å². The van der Waals surface area contributed by atoms with E-state index in [1.54, 1.807) is 18.9 Å². The summed E-state index contributed by atoms with van der Waals surface area (Å²) >= 11 is 1.66. The highest BCUT2D eigenvalue weighted by atomic mass is 32.2. The molecule has 1 aliphatic heterocycles. The van der Waals surface area contributed by atoms with Crippen LogP contribution in [0.25, 0.3) is 0 Å². The summed E-state index contributed by atoms with van der Waals surface area (Å²) in [7, 11) is 1.59. The third kappa shape index (κ3) is 2.12. The minimum atomic E-state index is -1.27. The summed E-state index contributed by atoms with van der Waals surface area (Å²) in [4.78, 5) is 2.08. The highest BCUT2D eigenvalue weighted by Crippen LogP contribution is 2.47. The van der Waals surface area contributed by atoms with Crippen LogP contribution < -0.4 is 0 Å². The lowest BCUT2D eigenvalue weighted by Gasteiger charge is -2.31. The van der Waals surface area contributed by atoms with Crippen molar-refractivity contribution >= 4 is 11.8 Å². The molecule has 0 aliphatic carbocycles. The lowest BCUT2D eigenvalue weighted by Crippen LogP contribution is -2.29. The molecule has 0 atom stereocenters. The highest BCUT2D eigenvalue weighted by Gasteiger charge is 2.37. The number of methoxy groups -OCH3 is 1. The van der Waals surface area contributed by atoms with Gasteiger partial charge in [0.25, 0.3) is 0 Å². The van der Waals surface area contributed by atoms with Crippen molar-refractivity contribution in [2.75, 3.05) is 13.7 Å². The summed E-state index contributed by atoms with van der Waals surface area (Å²) in [5, 5.41) is 11.2. The molecule has 20 heavy (non-hydrogen) atoms. The number of ether oxygens (including phenoxy) is 1. The Labute approximate surface area is 122 Å². The average molecular weight is 282 g/mol. The van der Waals surface area contributed by atoms with E-state index < -0.39 is 5.60 Å². The van der Waals surface area contributed by atoms with Gasteiger partial charge in [0.2, 0.25) is 0 Å². The van der Waals surface area contributed by atoms with Gasteiger partial charge in [-0.1, -0.05) is 60.0 Å². The van der Waals surface area contributed by atoms with E-state index in [-0.39, 0.29) is 0 Å². The van der Waals surface area contributed by atoms with Crippen molar-refractivity contribution in [1.29, 1.82) is 0 Å². The Balaban J connectivity index is 2.20. The van der Waals surface area contributed by atoms with E-state index in [1.165, 1.54) is 0 Å². The first-order chi connectivity index (χ1) is 9.75. The molecular formula is C17H14O2S.